The van der Waals surface area contributed by atoms with E-state index in [9.17, 15) is 0 Å². The van der Waals surface area contributed by atoms with Gasteiger partial charge in [-0.1, -0.05) is 22.5 Å². The molecule has 0 radical (unpaired) electrons. The van der Waals surface area contributed by atoms with E-state index in [0.29, 0.717) is 0 Å². The van der Waals surface area contributed by atoms with Gasteiger partial charge in [0.15, 0.2) is 0 Å². The van der Waals surface area contributed by atoms with Gasteiger partial charge in [0.1, 0.15) is 6.63 Å². The molecule has 0 aromatic carbocycles. The number of rotatable bonds is 2. The molecule has 7 heavy (non-hydrogen) atoms. The second kappa shape index (κ2) is 5.24. The average Bonchev–Trinajstić information content (AvgIpc) is 1.61. The fourth-order valence-electron chi connectivity index (χ4n) is 0.107. The van der Waals surface area contributed by atoms with E-state index in [2.05, 4.69) is 0 Å². The zero-order valence-corrected chi connectivity index (χ0v) is 6.99. The van der Waals surface area contributed by atoms with Crippen LogP contribution in [0, 0.1) is 0 Å². The summed E-state index contributed by atoms with van der Waals surface area (Å²) in [6, 6.07) is 0. The monoisotopic (exact) mass is 174 g/mol. The summed E-state index contributed by atoms with van der Waals surface area (Å²) in [4.78, 5) is 0. The molecule has 0 nitrogen and oxygen atoms in total. The van der Waals surface area contributed by atoms with Crippen molar-refractivity contribution >= 4 is 40.9 Å². The molecule has 0 aromatic rings. The van der Waals surface area contributed by atoms with Gasteiger partial charge in [0, 0.05) is 0 Å². The summed E-state index contributed by atoms with van der Waals surface area (Å²) < 4.78 is 0. The van der Waals surface area contributed by atoms with Crippen LogP contribution in [0.15, 0.2) is 11.2 Å². The molecule has 0 spiro atoms. The van der Waals surface area contributed by atoms with Crippen molar-refractivity contribution in [2.45, 2.75) is 0 Å². The zero-order chi connectivity index (χ0) is 5.70. The average molecular weight is 175 g/mol. The SMILES string of the molecule is CSC=CP(Cl)Cl. The van der Waals surface area contributed by atoms with Gasteiger partial charge in [-0.15, -0.1) is 11.8 Å². The summed E-state index contributed by atoms with van der Waals surface area (Å²) in [5.41, 5.74) is 0. The highest BCUT2D eigenvalue weighted by Crippen LogP contribution is 2.48. The second-order valence-electron chi connectivity index (χ2n) is 0.780. The highest BCUT2D eigenvalue weighted by molar-refractivity contribution is 8.07. The third-order valence-electron chi connectivity index (χ3n) is 0.310. The number of hydrogen-bond donors (Lipinski definition) is 0. The van der Waals surface area contributed by atoms with Crippen LogP contribution in [0.2, 0.25) is 0 Å². The maximum atomic E-state index is 5.39. The molecule has 42 valence electrons. The first kappa shape index (κ1) is 8.10. The van der Waals surface area contributed by atoms with Crippen LogP contribution in [0.3, 0.4) is 0 Å². The largest absolute Gasteiger partial charge is 0.137 e. The van der Waals surface area contributed by atoms with E-state index in [0.717, 1.165) is 0 Å². The molecule has 0 aromatic heterocycles. The summed E-state index contributed by atoms with van der Waals surface area (Å²) in [7, 11) is 0. The van der Waals surface area contributed by atoms with Crippen molar-refractivity contribution < 1.29 is 0 Å². The van der Waals surface area contributed by atoms with Gasteiger partial charge in [0.25, 0.3) is 0 Å². The molecule has 0 aliphatic heterocycles. The molecule has 0 rings (SSSR count). The zero-order valence-electron chi connectivity index (χ0n) is 3.77. The van der Waals surface area contributed by atoms with Crippen molar-refractivity contribution in [1.82, 2.24) is 0 Å². The van der Waals surface area contributed by atoms with Gasteiger partial charge >= 0.3 is 0 Å². The molecule has 0 fully saturated rings. The molecule has 0 aliphatic carbocycles. The highest BCUT2D eigenvalue weighted by atomic mass is 35.9. The lowest BCUT2D eigenvalue weighted by molar-refractivity contribution is 2.43. The molecule has 0 atom stereocenters. The van der Waals surface area contributed by atoms with Gasteiger partial charge in [-0.05, 0) is 17.5 Å². The third kappa shape index (κ3) is 7.10. The predicted molar refractivity (Wildman–Crippen MR) is 41.3 cm³/mol. The molecule has 0 N–H and O–H groups in total. The van der Waals surface area contributed by atoms with Crippen molar-refractivity contribution in [1.29, 1.82) is 0 Å². The first-order valence-electron chi connectivity index (χ1n) is 1.57. The van der Waals surface area contributed by atoms with Gasteiger partial charge < -0.3 is 0 Å². The van der Waals surface area contributed by atoms with E-state index in [1.165, 1.54) is 0 Å². The second-order valence-corrected chi connectivity index (χ2v) is 5.04. The Kier molecular flexibility index (Phi) is 6.06. The summed E-state index contributed by atoms with van der Waals surface area (Å²) in [5, 5.41) is 1.88. The number of thioether (sulfide) groups is 1. The predicted octanol–water partition coefficient (Wildman–Crippen LogP) is 3.61. The molecule has 0 saturated heterocycles. The Morgan fingerprint density at radius 2 is 2.14 bits per heavy atom. The smallest absolute Gasteiger partial charge is 0.110 e. The molecule has 4 heteroatoms. The molecule has 0 aliphatic rings. The van der Waals surface area contributed by atoms with Gasteiger partial charge in [-0.2, -0.15) is 0 Å². The number of hydrogen-bond acceptors (Lipinski definition) is 1. The molecule has 0 saturated carbocycles. The first-order valence-corrected chi connectivity index (χ1v) is 6.08. The summed E-state index contributed by atoms with van der Waals surface area (Å²) >= 11 is 12.4. The van der Waals surface area contributed by atoms with Crippen LogP contribution < -0.4 is 0 Å². The Labute approximate surface area is 58.6 Å². The maximum absolute atomic E-state index is 5.39. The Hall–Kier alpha value is 1.10. The Balaban J connectivity index is 3.08. The normalized spacial score (nSPS) is 11.4. The van der Waals surface area contributed by atoms with E-state index < -0.39 is 6.63 Å². The van der Waals surface area contributed by atoms with Crippen LogP contribution in [0.4, 0.5) is 0 Å². The van der Waals surface area contributed by atoms with Gasteiger partial charge in [0.05, 0.1) is 0 Å². The fourth-order valence-corrected chi connectivity index (χ4v) is 1.79. The lowest BCUT2D eigenvalue weighted by atomic mass is 11.3. The molecular formula is C3H5Cl2PS. The maximum Gasteiger partial charge on any atom is 0.110 e. The topological polar surface area (TPSA) is 0 Å². The Bertz CT molecular complexity index is 64.0. The van der Waals surface area contributed by atoms with Crippen LogP contribution in [0.25, 0.3) is 0 Å². The lowest BCUT2D eigenvalue weighted by Crippen LogP contribution is -1.37. The fraction of sp³-hybridized carbons (Fsp3) is 0.333. The van der Waals surface area contributed by atoms with E-state index in [4.69, 9.17) is 22.5 Å². The minimum atomic E-state index is -0.863. The summed E-state index contributed by atoms with van der Waals surface area (Å²) in [6.07, 6.45) is 1.96. The van der Waals surface area contributed by atoms with Crippen LogP contribution in [-0.2, 0) is 0 Å². The van der Waals surface area contributed by atoms with Crippen molar-refractivity contribution in [3.05, 3.63) is 11.2 Å². The van der Waals surface area contributed by atoms with Crippen molar-refractivity contribution in [2.24, 2.45) is 0 Å². The first-order chi connectivity index (χ1) is 3.27. The molecule has 0 bridgehead atoms. The minimum absolute atomic E-state index is 0.863. The molecule has 0 amide bonds. The van der Waals surface area contributed by atoms with Gasteiger partial charge in [-0.25, -0.2) is 0 Å². The molecular weight excluding hydrogens is 170 g/mol. The summed E-state index contributed by atoms with van der Waals surface area (Å²) in [6.45, 7) is -0.863. The van der Waals surface area contributed by atoms with Gasteiger partial charge in [0.2, 0.25) is 0 Å². The lowest BCUT2D eigenvalue weighted by Gasteiger charge is -1.83. The standard InChI is InChI=1S/C3H5Cl2PS/c1-7-3-2-6(4)5/h2-3H,1H3. The Morgan fingerprint density at radius 3 is 2.29 bits per heavy atom. The number of halogens is 2. The Morgan fingerprint density at radius 1 is 1.57 bits per heavy atom. The van der Waals surface area contributed by atoms with Gasteiger partial charge in [-0.3, -0.25) is 0 Å². The minimum Gasteiger partial charge on any atom is -0.137 e. The van der Waals surface area contributed by atoms with Crippen LogP contribution >= 0.6 is 40.9 Å². The molecule has 0 unspecified atom stereocenters. The van der Waals surface area contributed by atoms with Crippen molar-refractivity contribution in [3.63, 3.8) is 0 Å². The van der Waals surface area contributed by atoms with Crippen LogP contribution in [0.5, 0.6) is 0 Å². The van der Waals surface area contributed by atoms with E-state index in [1.807, 2.05) is 11.7 Å². The quantitative estimate of drug-likeness (QED) is 0.577. The van der Waals surface area contributed by atoms with Crippen molar-refractivity contribution in [2.75, 3.05) is 6.26 Å². The van der Waals surface area contributed by atoms with E-state index in [-0.39, 0.29) is 0 Å². The van der Waals surface area contributed by atoms with E-state index >= 15 is 0 Å². The van der Waals surface area contributed by atoms with Crippen molar-refractivity contribution in [3.8, 4) is 0 Å². The molecule has 0 heterocycles. The highest BCUT2D eigenvalue weighted by Gasteiger charge is 1.85. The summed E-state index contributed by atoms with van der Waals surface area (Å²) in [5.74, 6) is 1.78. The van der Waals surface area contributed by atoms with Crippen LogP contribution in [0.1, 0.15) is 0 Å². The van der Waals surface area contributed by atoms with Crippen LogP contribution in [-0.4, -0.2) is 6.26 Å². The van der Waals surface area contributed by atoms with E-state index in [1.54, 1.807) is 17.6 Å². The third-order valence-corrected chi connectivity index (χ3v) is 1.97.